The number of aromatic nitrogens is 2. The number of hydrogen-bond donors (Lipinski definition) is 1. The maximum atomic E-state index is 13.2. The fourth-order valence-electron chi connectivity index (χ4n) is 4.52. The highest BCUT2D eigenvalue weighted by molar-refractivity contribution is 7.89. The number of fused-ring (bicyclic) bond motifs is 1. The smallest absolute Gasteiger partial charge is 0.231 e. The van der Waals surface area contributed by atoms with Gasteiger partial charge in [0, 0.05) is 58.1 Å². The second-order valence-electron chi connectivity index (χ2n) is 7.87. The number of aryl methyl sites for hydroxylation is 2. The summed E-state index contributed by atoms with van der Waals surface area (Å²) in [4.78, 5) is 17.0. The van der Waals surface area contributed by atoms with Crippen LogP contribution >= 0.6 is 0 Å². The second kappa shape index (κ2) is 6.61. The van der Waals surface area contributed by atoms with Gasteiger partial charge in [-0.05, 0) is 26.7 Å². The molecule has 0 saturated carbocycles. The molecule has 2 saturated heterocycles. The summed E-state index contributed by atoms with van der Waals surface area (Å²) >= 11 is 0. The van der Waals surface area contributed by atoms with Gasteiger partial charge in [0.15, 0.2) is 0 Å². The molecule has 8 nitrogen and oxygen atoms in total. The van der Waals surface area contributed by atoms with Crippen LogP contribution in [0.4, 0.5) is 0 Å². The van der Waals surface area contributed by atoms with E-state index >= 15 is 0 Å². The number of carbonyl (C=O) groups excluding carboxylic acids is 1. The van der Waals surface area contributed by atoms with Gasteiger partial charge in [-0.25, -0.2) is 12.7 Å². The molecule has 1 amide bonds. The summed E-state index contributed by atoms with van der Waals surface area (Å²) in [6.45, 7) is 6.03. The SMILES string of the molecule is Cc1n[nH]c(C)c1CN1CC[C@H]2N(C)S(=O)(=O)CC[C@]2(C(=O)N(C)C)C1. The molecule has 146 valence electrons. The summed E-state index contributed by atoms with van der Waals surface area (Å²) in [6.07, 6.45) is 1.03. The molecule has 2 atom stereocenters. The van der Waals surface area contributed by atoms with Crippen LogP contribution < -0.4 is 0 Å². The van der Waals surface area contributed by atoms with E-state index in [0.29, 0.717) is 19.4 Å². The third kappa shape index (κ3) is 3.05. The van der Waals surface area contributed by atoms with Crippen LogP contribution in [0.1, 0.15) is 29.8 Å². The molecule has 3 rings (SSSR count). The molecule has 2 fully saturated rings. The Morgan fingerprint density at radius 1 is 1.38 bits per heavy atom. The Morgan fingerprint density at radius 2 is 2.08 bits per heavy atom. The first-order valence-corrected chi connectivity index (χ1v) is 10.6. The number of nitrogens with zero attached hydrogens (tertiary/aromatic N) is 4. The molecule has 0 radical (unpaired) electrons. The summed E-state index contributed by atoms with van der Waals surface area (Å²) in [5.74, 6) is 0.0478. The predicted molar refractivity (Wildman–Crippen MR) is 99.0 cm³/mol. The number of aromatic amines is 1. The molecule has 1 N–H and O–H groups in total. The summed E-state index contributed by atoms with van der Waals surface area (Å²) in [7, 11) is 1.84. The zero-order chi connectivity index (χ0) is 19.3. The number of H-pyrrole nitrogens is 1. The van der Waals surface area contributed by atoms with Gasteiger partial charge in [0.1, 0.15) is 0 Å². The number of nitrogens with one attached hydrogen (secondary N) is 1. The molecule has 0 spiro atoms. The van der Waals surface area contributed by atoms with Crippen LogP contribution in [0.5, 0.6) is 0 Å². The lowest BCUT2D eigenvalue weighted by Gasteiger charge is -2.53. The van der Waals surface area contributed by atoms with Crippen molar-refractivity contribution in [3.8, 4) is 0 Å². The standard InChI is InChI=1S/C17H29N5O3S/c1-12-14(13(2)19-18-12)10-22-8-6-15-17(11-22,16(23)20(3)4)7-9-26(24,25)21(15)5/h15H,6-11H2,1-5H3,(H,18,19)/t15-,17+/m1/s1. The third-order valence-electron chi connectivity index (χ3n) is 6.04. The topological polar surface area (TPSA) is 89.6 Å². The molecule has 0 aliphatic carbocycles. The number of amides is 1. The molecule has 0 bridgehead atoms. The van der Waals surface area contributed by atoms with E-state index in [9.17, 15) is 13.2 Å². The first kappa shape index (κ1) is 19.3. The van der Waals surface area contributed by atoms with Crippen molar-refractivity contribution in [2.45, 2.75) is 39.3 Å². The van der Waals surface area contributed by atoms with E-state index in [1.807, 2.05) is 13.8 Å². The van der Waals surface area contributed by atoms with Crippen molar-refractivity contribution in [1.82, 2.24) is 24.3 Å². The van der Waals surface area contributed by atoms with Gasteiger partial charge in [-0.2, -0.15) is 5.10 Å². The molecular weight excluding hydrogens is 354 g/mol. The van der Waals surface area contributed by atoms with E-state index in [4.69, 9.17) is 0 Å². The van der Waals surface area contributed by atoms with Gasteiger partial charge >= 0.3 is 0 Å². The molecule has 26 heavy (non-hydrogen) atoms. The largest absolute Gasteiger partial charge is 0.348 e. The Bertz CT molecular complexity index is 784. The number of carbonyl (C=O) groups is 1. The maximum Gasteiger partial charge on any atom is 0.231 e. The lowest BCUT2D eigenvalue weighted by Crippen LogP contribution is -2.66. The second-order valence-corrected chi connectivity index (χ2v) is 10.0. The number of piperidine rings is 1. The van der Waals surface area contributed by atoms with Gasteiger partial charge in [-0.15, -0.1) is 0 Å². The van der Waals surface area contributed by atoms with Crippen LogP contribution in [0.2, 0.25) is 0 Å². The van der Waals surface area contributed by atoms with Crippen LogP contribution in [0.15, 0.2) is 0 Å². The van der Waals surface area contributed by atoms with Crippen molar-refractivity contribution >= 4 is 15.9 Å². The van der Waals surface area contributed by atoms with Gasteiger partial charge in [0.25, 0.3) is 0 Å². The average Bonchev–Trinajstić information content (AvgIpc) is 2.90. The molecular formula is C17H29N5O3S. The van der Waals surface area contributed by atoms with Crippen molar-refractivity contribution in [3.05, 3.63) is 17.0 Å². The minimum Gasteiger partial charge on any atom is -0.348 e. The van der Waals surface area contributed by atoms with Crippen molar-refractivity contribution in [2.24, 2.45) is 5.41 Å². The quantitative estimate of drug-likeness (QED) is 0.813. The van der Waals surface area contributed by atoms with Gasteiger partial charge in [0.2, 0.25) is 15.9 Å². The zero-order valence-corrected chi connectivity index (χ0v) is 17.1. The minimum absolute atomic E-state index is 0.0228. The molecule has 3 heterocycles. The predicted octanol–water partition coefficient (Wildman–Crippen LogP) is 0.341. The maximum absolute atomic E-state index is 13.2. The molecule has 2 aliphatic rings. The van der Waals surface area contributed by atoms with Crippen LogP contribution in [-0.2, 0) is 21.4 Å². The number of sulfonamides is 1. The normalized spacial score (nSPS) is 29.3. The van der Waals surface area contributed by atoms with E-state index in [0.717, 1.165) is 30.0 Å². The Kier molecular flexibility index (Phi) is 4.91. The molecule has 1 aromatic heterocycles. The Morgan fingerprint density at radius 3 is 2.65 bits per heavy atom. The zero-order valence-electron chi connectivity index (χ0n) is 16.2. The van der Waals surface area contributed by atoms with Crippen LogP contribution in [-0.4, -0.2) is 84.7 Å². The Hall–Kier alpha value is -1.45. The number of likely N-dealkylation sites (tertiary alicyclic amines) is 1. The van der Waals surface area contributed by atoms with Crippen LogP contribution in [0.3, 0.4) is 0 Å². The molecule has 9 heteroatoms. The lowest BCUT2D eigenvalue weighted by atomic mass is 9.72. The van der Waals surface area contributed by atoms with Gasteiger partial charge < -0.3 is 4.90 Å². The van der Waals surface area contributed by atoms with E-state index < -0.39 is 15.4 Å². The highest BCUT2D eigenvalue weighted by atomic mass is 32.2. The fourth-order valence-corrected chi connectivity index (χ4v) is 6.12. The van der Waals surface area contributed by atoms with E-state index in [1.165, 1.54) is 4.31 Å². The molecule has 0 unspecified atom stereocenters. The minimum atomic E-state index is -3.28. The monoisotopic (exact) mass is 383 g/mol. The van der Waals surface area contributed by atoms with Gasteiger partial charge in [-0.1, -0.05) is 0 Å². The average molecular weight is 384 g/mol. The van der Waals surface area contributed by atoms with Crippen molar-refractivity contribution in [1.29, 1.82) is 0 Å². The van der Waals surface area contributed by atoms with E-state index in [2.05, 4.69) is 15.1 Å². The van der Waals surface area contributed by atoms with Gasteiger partial charge in [0.05, 0.1) is 16.9 Å². The summed E-state index contributed by atoms with van der Waals surface area (Å²) in [6, 6.07) is -0.279. The molecule has 0 aromatic carbocycles. The van der Waals surface area contributed by atoms with E-state index in [1.54, 1.807) is 26.0 Å². The summed E-state index contributed by atoms with van der Waals surface area (Å²) in [5.41, 5.74) is 2.49. The molecule has 1 aromatic rings. The Balaban J connectivity index is 1.92. The van der Waals surface area contributed by atoms with E-state index in [-0.39, 0.29) is 17.7 Å². The van der Waals surface area contributed by atoms with Gasteiger partial charge in [-0.3, -0.25) is 14.8 Å². The van der Waals surface area contributed by atoms with Crippen molar-refractivity contribution in [2.75, 3.05) is 40.0 Å². The first-order valence-electron chi connectivity index (χ1n) is 8.99. The number of rotatable bonds is 3. The van der Waals surface area contributed by atoms with Crippen LogP contribution in [0, 0.1) is 19.3 Å². The van der Waals surface area contributed by atoms with Crippen molar-refractivity contribution in [3.63, 3.8) is 0 Å². The molecule has 2 aliphatic heterocycles. The third-order valence-corrected chi connectivity index (χ3v) is 7.89. The van der Waals surface area contributed by atoms with Crippen molar-refractivity contribution < 1.29 is 13.2 Å². The first-order chi connectivity index (χ1) is 12.1. The fraction of sp³-hybridized carbons (Fsp3) is 0.765. The highest BCUT2D eigenvalue weighted by Crippen LogP contribution is 2.43. The summed E-state index contributed by atoms with van der Waals surface area (Å²) < 4.78 is 26.2. The highest BCUT2D eigenvalue weighted by Gasteiger charge is 2.56. The summed E-state index contributed by atoms with van der Waals surface area (Å²) in [5, 5.41) is 7.27. The lowest BCUT2D eigenvalue weighted by molar-refractivity contribution is -0.148. The van der Waals surface area contributed by atoms with Crippen LogP contribution in [0.25, 0.3) is 0 Å². The number of hydrogen-bond acceptors (Lipinski definition) is 5. The Labute approximate surface area is 155 Å².